The highest BCUT2D eigenvalue weighted by molar-refractivity contribution is 5.53. The molecule has 2 N–H and O–H groups in total. The molecule has 0 amide bonds. The monoisotopic (exact) mass is 202 g/mol. The predicted octanol–water partition coefficient (Wildman–Crippen LogP) is 1.21. The smallest absolute Gasteiger partial charge is 0.181 e. The van der Waals surface area contributed by atoms with Crippen LogP contribution in [-0.4, -0.2) is 21.3 Å². The van der Waals surface area contributed by atoms with E-state index in [-0.39, 0.29) is 0 Å². The zero-order chi connectivity index (χ0) is 10.7. The molecule has 4 heteroatoms. The van der Waals surface area contributed by atoms with E-state index in [0.29, 0.717) is 13.1 Å². The van der Waals surface area contributed by atoms with E-state index in [0.717, 1.165) is 17.2 Å². The number of rotatable bonds is 3. The molecule has 0 fully saturated rings. The topological polar surface area (TPSA) is 56.7 Å². The molecule has 0 bridgehead atoms. The molecule has 1 aromatic heterocycles. The average molecular weight is 202 g/mol. The number of nitrogens with two attached hydrogens (primary N) is 1. The molecule has 0 unspecified atom stereocenters. The Labute approximate surface area is 88.8 Å². The van der Waals surface area contributed by atoms with Crippen molar-refractivity contribution in [1.82, 2.24) is 14.8 Å². The van der Waals surface area contributed by atoms with E-state index in [1.165, 1.54) is 0 Å². The van der Waals surface area contributed by atoms with Crippen molar-refractivity contribution in [1.29, 1.82) is 0 Å². The number of benzene rings is 1. The molecule has 1 heterocycles. The number of hydrogen-bond acceptors (Lipinski definition) is 3. The first-order chi connectivity index (χ1) is 7.31. The summed E-state index contributed by atoms with van der Waals surface area (Å²) >= 11 is 0. The second kappa shape index (κ2) is 4.23. The Morgan fingerprint density at radius 3 is 2.67 bits per heavy atom. The summed E-state index contributed by atoms with van der Waals surface area (Å²) in [7, 11) is 0. The summed E-state index contributed by atoms with van der Waals surface area (Å²) in [6, 6.07) is 9.94. The number of aryl methyl sites for hydroxylation is 1. The van der Waals surface area contributed by atoms with Crippen LogP contribution >= 0.6 is 0 Å². The molecule has 2 aromatic rings. The summed E-state index contributed by atoms with van der Waals surface area (Å²) in [4.78, 5) is 4.40. The molecule has 2 rings (SSSR count). The zero-order valence-electron chi connectivity index (χ0n) is 8.72. The highest BCUT2D eigenvalue weighted by Crippen LogP contribution is 2.14. The SMILES string of the molecule is Cc1nc(-c2ccccc2)nn1CCN. The maximum absolute atomic E-state index is 5.49. The Morgan fingerprint density at radius 2 is 2.00 bits per heavy atom. The van der Waals surface area contributed by atoms with Gasteiger partial charge in [0.15, 0.2) is 5.82 Å². The third-order valence-electron chi connectivity index (χ3n) is 2.23. The third-order valence-corrected chi connectivity index (χ3v) is 2.23. The van der Waals surface area contributed by atoms with Gasteiger partial charge in [-0.15, -0.1) is 0 Å². The normalized spacial score (nSPS) is 10.5. The molecule has 15 heavy (non-hydrogen) atoms. The first-order valence-corrected chi connectivity index (χ1v) is 4.98. The molecule has 0 aliphatic rings. The van der Waals surface area contributed by atoms with E-state index in [2.05, 4.69) is 10.1 Å². The minimum atomic E-state index is 0.582. The molecular formula is C11H14N4. The molecule has 0 spiro atoms. The quantitative estimate of drug-likeness (QED) is 0.814. The minimum absolute atomic E-state index is 0.582. The molecule has 0 atom stereocenters. The van der Waals surface area contributed by atoms with E-state index in [4.69, 9.17) is 5.73 Å². The van der Waals surface area contributed by atoms with E-state index < -0.39 is 0 Å². The second-order valence-electron chi connectivity index (χ2n) is 3.36. The van der Waals surface area contributed by atoms with Gasteiger partial charge >= 0.3 is 0 Å². The zero-order valence-corrected chi connectivity index (χ0v) is 8.72. The standard InChI is InChI=1S/C11H14N4/c1-9-13-11(14-15(9)8-7-12)10-5-3-2-4-6-10/h2-6H,7-8,12H2,1H3. The molecule has 4 nitrogen and oxygen atoms in total. The lowest BCUT2D eigenvalue weighted by Crippen LogP contribution is -2.12. The highest BCUT2D eigenvalue weighted by Gasteiger charge is 2.06. The van der Waals surface area contributed by atoms with Crippen LogP contribution in [0.1, 0.15) is 5.82 Å². The molecular weight excluding hydrogens is 188 g/mol. The first-order valence-electron chi connectivity index (χ1n) is 4.98. The van der Waals surface area contributed by atoms with Crippen molar-refractivity contribution in [3.63, 3.8) is 0 Å². The van der Waals surface area contributed by atoms with Crippen LogP contribution in [0.2, 0.25) is 0 Å². The Morgan fingerprint density at radius 1 is 1.27 bits per heavy atom. The molecule has 0 aliphatic carbocycles. The van der Waals surface area contributed by atoms with Gasteiger partial charge in [0.05, 0.1) is 6.54 Å². The summed E-state index contributed by atoms with van der Waals surface area (Å²) in [5.41, 5.74) is 6.53. The van der Waals surface area contributed by atoms with Crippen molar-refractivity contribution in [3.8, 4) is 11.4 Å². The van der Waals surface area contributed by atoms with Gasteiger partial charge in [-0.25, -0.2) is 9.67 Å². The van der Waals surface area contributed by atoms with Crippen LogP contribution in [0.5, 0.6) is 0 Å². The van der Waals surface area contributed by atoms with Crippen LogP contribution in [0.15, 0.2) is 30.3 Å². The lowest BCUT2D eigenvalue weighted by atomic mass is 10.2. The van der Waals surface area contributed by atoms with E-state index in [1.807, 2.05) is 41.9 Å². The Kier molecular flexibility index (Phi) is 2.78. The van der Waals surface area contributed by atoms with Gasteiger partial charge < -0.3 is 5.73 Å². The lowest BCUT2D eigenvalue weighted by Gasteiger charge is -1.97. The fourth-order valence-corrected chi connectivity index (χ4v) is 1.46. The number of nitrogens with zero attached hydrogens (tertiary/aromatic N) is 3. The van der Waals surface area contributed by atoms with E-state index in [9.17, 15) is 0 Å². The summed E-state index contributed by atoms with van der Waals surface area (Å²) in [6.45, 7) is 3.24. The number of aromatic nitrogens is 3. The Hall–Kier alpha value is -1.68. The first kappa shape index (κ1) is 9.86. The van der Waals surface area contributed by atoms with Gasteiger partial charge in [-0.2, -0.15) is 5.10 Å². The summed E-state index contributed by atoms with van der Waals surface area (Å²) < 4.78 is 1.84. The van der Waals surface area contributed by atoms with Crippen molar-refractivity contribution in [2.24, 2.45) is 5.73 Å². The van der Waals surface area contributed by atoms with Gasteiger partial charge in [0, 0.05) is 12.1 Å². The molecule has 0 aliphatic heterocycles. The van der Waals surface area contributed by atoms with Crippen molar-refractivity contribution < 1.29 is 0 Å². The molecule has 0 saturated heterocycles. The van der Waals surface area contributed by atoms with Crippen molar-refractivity contribution >= 4 is 0 Å². The van der Waals surface area contributed by atoms with Gasteiger partial charge in [-0.05, 0) is 6.92 Å². The van der Waals surface area contributed by atoms with Crippen LogP contribution in [0.3, 0.4) is 0 Å². The summed E-state index contributed by atoms with van der Waals surface area (Å²) in [5.74, 6) is 1.67. The second-order valence-corrected chi connectivity index (χ2v) is 3.36. The number of hydrogen-bond donors (Lipinski definition) is 1. The van der Waals surface area contributed by atoms with Crippen molar-refractivity contribution in [2.45, 2.75) is 13.5 Å². The van der Waals surface area contributed by atoms with Crippen LogP contribution in [0.25, 0.3) is 11.4 Å². The molecule has 78 valence electrons. The maximum atomic E-state index is 5.49. The summed E-state index contributed by atoms with van der Waals surface area (Å²) in [6.07, 6.45) is 0. The van der Waals surface area contributed by atoms with Crippen LogP contribution < -0.4 is 5.73 Å². The van der Waals surface area contributed by atoms with Gasteiger partial charge in [0.2, 0.25) is 0 Å². The Bertz CT molecular complexity index is 433. The van der Waals surface area contributed by atoms with Crippen molar-refractivity contribution in [2.75, 3.05) is 6.54 Å². The fourth-order valence-electron chi connectivity index (χ4n) is 1.46. The van der Waals surface area contributed by atoms with Crippen LogP contribution in [0.4, 0.5) is 0 Å². The molecule has 0 radical (unpaired) electrons. The van der Waals surface area contributed by atoms with Gasteiger partial charge in [0.25, 0.3) is 0 Å². The average Bonchev–Trinajstić information content (AvgIpc) is 2.63. The minimum Gasteiger partial charge on any atom is -0.329 e. The summed E-state index contributed by atoms with van der Waals surface area (Å²) in [5, 5.41) is 4.40. The van der Waals surface area contributed by atoms with Gasteiger partial charge in [-0.1, -0.05) is 30.3 Å². The molecule has 1 aromatic carbocycles. The van der Waals surface area contributed by atoms with E-state index in [1.54, 1.807) is 0 Å². The predicted molar refractivity (Wildman–Crippen MR) is 59.2 cm³/mol. The largest absolute Gasteiger partial charge is 0.329 e. The highest BCUT2D eigenvalue weighted by atomic mass is 15.3. The Balaban J connectivity index is 2.34. The van der Waals surface area contributed by atoms with Crippen molar-refractivity contribution in [3.05, 3.63) is 36.2 Å². The van der Waals surface area contributed by atoms with E-state index >= 15 is 0 Å². The van der Waals surface area contributed by atoms with Crippen LogP contribution in [-0.2, 0) is 6.54 Å². The molecule has 0 saturated carbocycles. The van der Waals surface area contributed by atoms with Gasteiger partial charge in [0.1, 0.15) is 5.82 Å². The van der Waals surface area contributed by atoms with Crippen LogP contribution in [0, 0.1) is 6.92 Å². The third kappa shape index (κ3) is 2.05. The lowest BCUT2D eigenvalue weighted by molar-refractivity contribution is 0.606. The maximum Gasteiger partial charge on any atom is 0.181 e. The van der Waals surface area contributed by atoms with Gasteiger partial charge in [-0.3, -0.25) is 0 Å². The fraction of sp³-hybridized carbons (Fsp3) is 0.273.